The summed E-state index contributed by atoms with van der Waals surface area (Å²) < 4.78 is 70.2. The van der Waals surface area contributed by atoms with E-state index in [4.69, 9.17) is 26.1 Å². The third-order valence-corrected chi connectivity index (χ3v) is 10.3. The topological polar surface area (TPSA) is 95.9 Å². The van der Waals surface area contributed by atoms with E-state index in [0.29, 0.717) is 37.3 Å². The second-order valence-corrected chi connectivity index (χ2v) is 13.6. The molecule has 5 fully saturated rings. The summed E-state index contributed by atoms with van der Waals surface area (Å²) in [4.78, 5) is 17.9. The zero-order valence-corrected chi connectivity index (χ0v) is 25.2. The summed E-state index contributed by atoms with van der Waals surface area (Å²) in [5.41, 5.74) is -0.703. The fourth-order valence-corrected chi connectivity index (χ4v) is 8.12. The number of fused-ring (bicyclic) bond motifs is 4. The summed E-state index contributed by atoms with van der Waals surface area (Å²) in [6, 6.07) is 2.97. The van der Waals surface area contributed by atoms with Gasteiger partial charge in [-0.1, -0.05) is 11.6 Å². The van der Waals surface area contributed by atoms with Gasteiger partial charge in [0.1, 0.15) is 47.4 Å². The molecule has 5 aliphatic rings. The van der Waals surface area contributed by atoms with Crippen LogP contribution < -0.4 is 19.7 Å². The van der Waals surface area contributed by atoms with Crippen LogP contribution in [-0.2, 0) is 0 Å². The Morgan fingerprint density at radius 1 is 1.09 bits per heavy atom. The van der Waals surface area contributed by atoms with Crippen molar-refractivity contribution >= 4 is 28.3 Å². The standard InChI is InChI=1S/C31H33ClF4N6O3/c32-23-7-19(43)6-21(27(23)45-20-9-31(35,36)10-20)25-24(34)26-22(11-37-25)28(41-13-17-2-3-18(14-41)38-17)40-29(39-26)44-15-30-4-1-5-42(30)12-16(33)8-30/h6-7,11,16-18,20,38,43H,1-5,8-10,12-15H2/t16-,17?,18?,30+/m1/s1. The second kappa shape index (κ2) is 10.7. The lowest BCUT2D eigenvalue weighted by Gasteiger charge is -2.35. The predicted molar refractivity (Wildman–Crippen MR) is 159 cm³/mol. The molecule has 1 aromatic carbocycles. The van der Waals surface area contributed by atoms with Crippen LogP contribution in [0.15, 0.2) is 18.3 Å². The number of aromatic hydroxyl groups is 1. The summed E-state index contributed by atoms with van der Waals surface area (Å²) >= 11 is 6.38. The molecule has 2 N–H and O–H groups in total. The van der Waals surface area contributed by atoms with E-state index in [1.807, 2.05) is 0 Å². The van der Waals surface area contributed by atoms with Crippen molar-refractivity contribution in [1.82, 2.24) is 25.2 Å². The second-order valence-electron chi connectivity index (χ2n) is 13.2. The number of benzene rings is 1. The molecule has 9 nitrogen and oxygen atoms in total. The van der Waals surface area contributed by atoms with E-state index in [1.54, 1.807) is 0 Å². The van der Waals surface area contributed by atoms with Crippen molar-refractivity contribution in [1.29, 1.82) is 0 Å². The highest BCUT2D eigenvalue weighted by Gasteiger charge is 2.50. The Labute approximate surface area is 261 Å². The van der Waals surface area contributed by atoms with Crippen LogP contribution in [0.3, 0.4) is 0 Å². The van der Waals surface area contributed by atoms with Crippen molar-refractivity contribution in [3.05, 3.63) is 29.2 Å². The minimum Gasteiger partial charge on any atom is -0.508 e. The fourth-order valence-electron chi connectivity index (χ4n) is 7.86. The van der Waals surface area contributed by atoms with E-state index in [9.17, 15) is 18.3 Å². The molecule has 2 aromatic heterocycles. The number of nitrogens with zero attached hydrogens (tertiary/aromatic N) is 5. The Morgan fingerprint density at radius 3 is 2.62 bits per heavy atom. The molecule has 2 unspecified atom stereocenters. The van der Waals surface area contributed by atoms with Gasteiger partial charge in [0, 0.05) is 63.2 Å². The van der Waals surface area contributed by atoms with Gasteiger partial charge < -0.3 is 24.8 Å². The predicted octanol–water partition coefficient (Wildman–Crippen LogP) is 5.26. The van der Waals surface area contributed by atoms with Crippen molar-refractivity contribution in [2.75, 3.05) is 37.7 Å². The van der Waals surface area contributed by atoms with Crippen LogP contribution in [0.2, 0.25) is 5.02 Å². The molecular weight excluding hydrogens is 616 g/mol. The number of aromatic nitrogens is 3. The maximum absolute atomic E-state index is 16.7. The van der Waals surface area contributed by atoms with Crippen molar-refractivity contribution in [3.63, 3.8) is 0 Å². The fraction of sp³-hybridized carbons (Fsp3) is 0.581. The Morgan fingerprint density at radius 2 is 1.87 bits per heavy atom. The molecule has 1 aliphatic carbocycles. The SMILES string of the molecule is Oc1cc(Cl)c(OC2CC(F)(F)C2)c(-c2ncc3c(N4CC5CCC(C4)N5)nc(OC[C@@]45CCCN4C[C@H](F)C5)nc3c2F)c1. The normalized spacial score (nSPS) is 29.3. The number of piperazine rings is 1. The molecule has 1 saturated carbocycles. The van der Waals surface area contributed by atoms with Gasteiger partial charge in [-0.3, -0.25) is 9.88 Å². The zero-order valence-electron chi connectivity index (χ0n) is 24.4. The number of anilines is 1. The first-order valence-corrected chi connectivity index (χ1v) is 15.9. The van der Waals surface area contributed by atoms with Gasteiger partial charge in [0.2, 0.25) is 0 Å². The van der Waals surface area contributed by atoms with Crippen LogP contribution in [0.1, 0.15) is 44.9 Å². The zero-order chi connectivity index (χ0) is 31.1. The van der Waals surface area contributed by atoms with Crippen LogP contribution >= 0.6 is 11.6 Å². The molecule has 0 spiro atoms. The Kier molecular flexibility index (Phi) is 6.96. The molecule has 6 heterocycles. The molecule has 2 bridgehead atoms. The van der Waals surface area contributed by atoms with Gasteiger partial charge in [-0.25, -0.2) is 17.6 Å². The highest BCUT2D eigenvalue weighted by atomic mass is 35.5. The number of ether oxygens (including phenoxy) is 2. The third-order valence-electron chi connectivity index (χ3n) is 10.0. The summed E-state index contributed by atoms with van der Waals surface area (Å²) in [5.74, 6) is -3.49. The molecule has 4 atom stereocenters. The quantitative estimate of drug-likeness (QED) is 0.333. The van der Waals surface area contributed by atoms with E-state index in [0.717, 1.165) is 32.2 Å². The van der Waals surface area contributed by atoms with Gasteiger partial charge in [-0.05, 0) is 38.3 Å². The Hall–Kier alpha value is -3.16. The number of phenols is 1. The molecule has 240 valence electrons. The van der Waals surface area contributed by atoms with Crippen LogP contribution in [0.25, 0.3) is 22.2 Å². The maximum Gasteiger partial charge on any atom is 0.319 e. The number of alkyl halides is 3. The molecular formula is C31H33ClF4N6O3. The first-order valence-electron chi connectivity index (χ1n) is 15.5. The van der Waals surface area contributed by atoms with E-state index in [1.165, 1.54) is 18.3 Å². The van der Waals surface area contributed by atoms with E-state index >= 15 is 4.39 Å². The lowest BCUT2D eigenvalue weighted by molar-refractivity contribution is -0.134. The average molecular weight is 649 g/mol. The molecule has 4 saturated heterocycles. The lowest BCUT2D eigenvalue weighted by atomic mass is 9.91. The number of nitrogens with one attached hydrogen (secondary N) is 1. The largest absolute Gasteiger partial charge is 0.508 e. The highest BCUT2D eigenvalue weighted by molar-refractivity contribution is 6.32. The first-order chi connectivity index (χ1) is 21.6. The van der Waals surface area contributed by atoms with Crippen molar-refractivity contribution < 1.29 is 32.1 Å². The summed E-state index contributed by atoms with van der Waals surface area (Å²) in [6.45, 7) is 2.68. The van der Waals surface area contributed by atoms with Crippen molar-refractivity contribution in [2.24, 2.45) is 0 Å². The minimum absolute atomic E-state index is 0.0119. The summed E-state index contributed by atoms with van der Waals surface area (Å²) in [7, 11) is 0. The number of pyridine rings is 1. The van der Waals surface area contributed by atoms with Gasteiger partial charge in [0.05, 0.1) is 21.5 Å². The average Bonchev–Trinajstić information content (AvgIpc) is 3.62. The highest BCUT2D eigenvalue weighted by Crippen LogP contribution is 2.46. The van der Waals surface area contributed by atoms with Crippen molar-refractivity contribution in [2.45, 2.75) is 80.8 Å². The molecule has 14 heteroatoms. The van der Waals surface area contributed by atoms with Gasteiger partial charge in [-0.2, -0.15) is 9.97 Å². The smallest absolute Gasteiger partial charge is 0.319 e. The molecule has 0 amide bonds. The molecule has 8 rings (SSSR count). The number of phenolic OH excluding ortho intramolecular Hbond substituents is 1. The van der Waals surface area contributed by atoms with E-state index < -0.39 is 42.4 Å². The third kappa shape index (κ3) is 5.20. The number of hydrogen-bond donors (Lipinski definition) is 2. The molecule has 45 heavy (non-hydrogen) atoms. The van der Waals surface area contributed by atoms with Crippen LogP contribution in [0.5, 0.6) is 17.5 Å². The van der Waals surface area contributed by atoms with Crippen molar-refractivity contribution in [3.8, 4) is 28.8 Å². The van der Waals surface area contributed by atoms with Gasteiger partial charge in [-0.15, -0.1) is 0 Å². The van der Waals surface area contributed by atoms with E-state index in [2.05, 4.69) is 25.1 Å². The number of rotatable bonds is 7. The van der Waals surface area contributed by atoms with Crippen LogP contribution in [-0.4, -0.2) is 93.6 Å². The Bertz CT molecular complexity index is 1650. The molecule has 3 aromatic rings. The number of hydrogen-bond acceptors (Lipinski definition) is 9. The lowest BCUT2D eigenvalue weighted by Crippen LogP contribution is -2.51. The van der Waals surface area contributed by atoms with Gasteiger partial charge >= 0.3 is 6.01 Å². The van der Waals surface area contributed by atoms with E-state index in [-0.39, 0.29) is 58.0 Å². The Balaban J connectivity index is 1.20. The molecule has 0 radical (unpaired) electrons. The minimum atomic E-state index is -2.84. The van der Waals surface area contributed by atoms with Gasteiger partial charge in [0.25, 0.3) is 5.92 Å². The van der Waals surface area contributed by atoms with Gasteiger partial charge in [0.15, 0.2) is 5.82 Å². The molecule has 4 aliphatic heterocycles. The summed E-state index contributed by atoms with van der Waals surface area (Å²) in [5, 5.41) is 14.3. The maximum atomic E-state index is 16.7. The first kappa shape index (κ1) is 29.3. The summed E-state index contributed by atoms with van der Waals surface area (Å²) in [6.07, 6.45) is 2.89. The van der Waals surface area contributed by atoms with Crippen LogP contribution in [0, 0.1) is 5.82 Å². The number of halogens is 5. The monoisotopic (exact) mass is 648 g/mol. The van der Waals surface area contributed by atoms with Crippen LogP contribution in [0.4, 0.5) is 23.4 Å².